The minimum atomic E-state index is -0.362. The van der Waals surface area contributed by atoms with Gasteiger partial charge in [0, 0.05) is 17.3 Å². The van der Waals surface area contributed by atoms with Gasteiger partial charge >= 0.3 is 0 Å². The second-order valence-corrected chi connectivity index (χ2v) is 7.71. The monoisotopic (exact) mass is 482 g/mol. The molecule has 0 aromatic heterocycles. The number of methoxy groups -OCH3 is 1. The second kappa shape index (κ2) is 10.9. The first kappa shape index (κ1) is 24.0. The van der Waals surface area contributed by atoms with Gasteiger partial charge in [-0.15, -0.1) is 0 Å². The third-order valence-corrected chi connectivity index (χ3v) is 5.32. The summed E-state index contributed by atoms with van der Waals surface area (Å²) in [6, 6.07) is 20.5. The number of nitrogens with zero attached hydrogens (tertiary/aromatic N) is 2. The van der Waals surface area contributed by atoms with Gasteiger partial charge in [-0.1, -0.05) is 18.2 Å². The number of hydrogen-bond donors (Lipinski definition) is 2. The van der Waals surface area contributed by atoms with Crippen LogP contribution in [0.2, 0.25) is 0 Å². The van der Waals surface area contributed by atoms with Crippen molar-refractivity contribution in [2.45, 2.75) is 0 Å². The van der Waals surface area contributed by atoms with Crippen LogP contribution in [0.5, 0.6) is 11.5 Å². The SMILES string of the molecule is COc1cc(/C=C/C(=O)Nc2ccc(C(=O)N3CC(=O)Nc4ccccc43)cc2)ccc1OCC#N. The summed E-state index contributed by atoms with van der Waals surface area (Å²) in [4.78, 5) is 38.9. The highest BCUT2D eigenvalue weighted by molar-refractivity contribution is 6.15. The van der Waals surface area contributed by atoms with Crippen LogP contribution in [0.1, 0.15) is 15.9 Å². The molecule has 0 saturated heterocycles. The molecule has 2 N–H and O–H groups in total. The number of carbonyl (C=O) groups is 3. The quantitative estimate of drug-likeness (QED) is 0.494. The number of fused-ring (bicyclic) bond motifs is 1. The summed E-state index contributed by atoms with van der Waals surface area (Å²) in [6.45, 7) is -0.172. The Morgan fingerprint density at radius 2 is 1.89 bits per heavy atom. The Kier molecular flexibility index (Phi) is 7.27. The van der Waals surface area contributed by atoms with Crippen molar-refractivity contribution in [2.75, 3.05) is 35.8 Å². The van der Waals surface area contributed by atoms with E-state index in [-0.39, 0.29) is 30.9 Å². The number of carbonyl (C=O) groups excluding carboxylic acids is 3. The van der Waals surface area contributed by atoms with Crippen molar-refractivity contribution in [3.8, 4) is 17.6 Å². The van der Waals surface area contributed by atoms with Crippen molar-refractivity contribution in [3.63, 3.8) is 0 Å². The summed E-state index contributed by atoms with van der Waals surface area (Å²) in [7, 11) is 1.49. The Bertz CT molecular complexity index is 1380. The van der Waals surface area contributed by atoms with Crippen LogP contribution in [0.25, 0.3) is 6.08 Å². The molecular weight excluding hydrogens is 460 g/mol. The molecule has 9 nitrogen and oxygen atoms in total. The molecule has 3 aromatic carbocycles. The molecule has 9 heteroatoms. The van der Waals surface area contributed by atoms with E-state index in [1.807, 2.05) is 6.07 Å². The topological polar surface area (TPSA) is 121 Å². The van der Waals surface area contributed by atoms with E-state index in [1.165, 1.54) is 18.1 Å². The fraction of sp³-hybridized carbons (Fsp3) is 0.111. The van der Waals surface area contributed by atoms with Crippen molar-refractivity contribution in [1.29, 1.82) is 5.26 Å². The van der Waals surface area contributed by atoms with Gasteiger partial charge in [0.25, 0.3) is 5.91 Å². The molecule has 0 unspecified atom stereocenters. The number of benzene rings is 3. The summed E-state index contributed by atoms with van der Waals surface area (Å²) in [5.74, 6) is -0.0591. The number of nitrogens with one attached hydrogen (secondary N) is 2. The molecule has 4 rings (SSSR count). The molecule has 0 fully saturated rings. The summed E-state index contributed by atoms with van der Waals surface area (Å²) in [6.07, 6.45) is 2.98. The summed E-state index contributed by atoms with van der Waals surface area (Å²) < 4.78 is 10.6. The third kappa shape index (κ3) is 5.51. The van der Waals surface area contributed by atoms with Crippen LogP contribution in [-0.4, -0.2) is 38.0 Å². The fourth-order valence-corrected chi connectivity index (χ4v) is 3.64. The number of para-hydroxylation sites is 2. The average Bonchev–Trinajstić information content (AvgIpc) is 2.90. The maximum absolute atomic E-state index is 13.0. The molecule has 0 atom stereocenters. The summed E-state index contributed by atoms with van der Waals surface area (Å²) >= 11 is 0. The predicted molar refractivity (Wildman–Crippen MR) is 135 cm³/mol. The van der Waals surface area contributed by atoms with Gasteiger partial charge in [0.15, 0.2) is 18.1 Å². The maximum Gasteiger partial charge on any atom is 0.258 e. The maximum atomic E-state index is 13.0. The zero-order valence-electron chi connectivity index (χ0n) is 19.4. The zero-order chi connectivity index (χ0) is 25.5. The highest BCUT2D eigenvalue weighted by atomic mass is 16.5. The van der Waals surface area contributed by atoms with E-state index in [9.17, 15) is 14.4 Å². The molecule has 0 saturated carbocycles. The van der Waals surface area contributed by atoms with Crippen LogP contribution < -0.4 is 25.0 Å². The van der Waals surface area contributed by atoms with Crippen molar-refractivity contribution in [1.82, 2.24) is 0 Å². The first-order chi connectivity index (χ1) is 17.5. The second-order valence-electron chi connectivity index (χ2n) is 7.71. The van der Waals surface area contributed by atoms with Gasteiger partial charge in [-0.05, 0) is 60.2 Å². The third-order valence-electron chi connectivity index (χ3n) is 5.32. The smallest absolute Gasteiger partial charge is 0.258 e. The van der Waals surface area contributed by atoms with Crippen molar-refractivity contribution in [3.05, 3.63) is 83.9 Å². The molecule has 3 amide bonds. The van der Waals surface area contributed by atoms with Gasteiger partial charge in [0.05, 0.1) is 18.5 Å². The van der Waals surface area contributed by atoms with Crippen molar-refractivity contribution < 1.29 is 23.9 Å². The Hall–Kier alpha value is -5.10. The lowest BCUT2D eigenvalue weighted by Crippen LogP contribution is -2.42. The number of amides is 3. The number of nitriles is 1. The van der Waals surface area contributed by atoms with Crippen LogP contribution in [-0.2, 0) is 9.59 Å². The van der Waals surface area contributed by atoms with Gasteiger partial charge in [0.2, 0.25) is 11.8 Å². The molecule has 0 radical (unpaired) electrons. The first-order valence-corrected chi connectivity index (χ1v) is 11.0. The van der Waals surface area contributed by atoms with E-state index in [2.05, 4.69) is 10.6 Å². The van der Waals surface area contributed by atoms with E-state index in [0.717, 1.165) is 0 Å². The molecule has 0 spiro atoms. The fourth-order valence-electron chi connectivity index (χ4n) is 3.64. The Morgan fingerprint density at radius 3 is 2.64 bits per heavy atom. The molecule has 1 aliphatic rings. The lowest BCUT2D eigenvalue weighted by Gasteiger charge is -2.29. The summed E-state index contributed by atoms with van der Waals surface area (Å²) in [5, 5.41) is 14.2. The molecule has 0 bridgehead atoms. The van der Waals surface area contributed by atoms with Crippen LogP contribution in [0, 0.1) is 11.3 Å². The van der Waals surface area contributed by atoms with E-state index in [4.69, 9.17) is 14.7 Å². The Morgan fingerprint density at radius 1 is 1.11 bits per heavy atom. The molecule has 3 aromatic rings. The van der Waals surface area contributed by atoms with Gasteiger partial charge in [-0.25, -0.2) is 0 Å². The lowest BCUT2D eigenvalue weighted by molar-refractivity contribution is -0.115. The van der Waals surface area contributed by atoms with Gasteiger partial charge in [-0.2, -0.15) is 5.26 Å². The average molecular weight is 482 g/mol. The van der Waals surface area contributed by atoms with E-state index in [0.29, 0.717) is 39.7 Å². The van der Waals surface area contributed by atoms with Crippen LogP contribution in [0.15, 0.2) is 72.8 Å². The van der Waals surface area contributed by atoms with Crippen LogP contribution in [0.4, 0.5) is 17.1 Å². The van der Waals surface area contributed by atoms with Gasteiger partial charge < -0.3 is 20.1 Å². The molecule has 36 heavy (non-hydrogen) atoms. The highest BCUT2D eigenvalue weighted by Gasteiger charge is 2.27. The molecular formula is C27H22N4O5. The standard InChI is InChI=1S/C27H22N4O5/c1-35-24-16-18(6-12-23(24)36-15-14-28)7-13-25(32)29-20-10-8-19(9-11-20)27(34)31-17-26(33)30-21-4-2-3-5-22(21)31/h2-13,16H,15,17H2,1H3,(H,29,32)(H,30,33)/b13-7+. The zero-order valence-corrected chi connectivity index (χ0v) is 19.4. The lowest BCUT2D eigenvalue weighted by atomic mass is 10.1. The van der Waals surface area contributed by atoms with E-state index in [1.54, 1.807) is 72.8 Å². The number of ether oxygens (including phenoxy) is 2. The van der Waals surface area contributed by atoms with Crippen molar-refractivity contribution in [2.24, 2.45) is 0 Å². The first-order valence-electron chi connectivity index (χ1n) is 11.0. The predicted octanol–water partition coefficient (Wildman–Crippen LogP) is 3.85. The number of anilines is 3. The Labute approximate surface area is 207 Å². The molecule has 0 aliphatic carbocycles. The normalized spacial score (nSPS) is 12.3. The van der Waals surface area contributed by atoms with E-state index >= 15 is 0 Å². The van der Waals surface area contributed by atoms with Crippen LogP contribution in [0.3, 0.4) is 0 Å². The van der Waals surface area contributed by atoms with Gasteiger partial charge in [0.1, 0.15) is 12.6 Å². The minimum absolute atomic E-state index is 0.0741. The number of rotatable bonds is 7. The largest absolute Gasteiger partial charge is 0.493 e. The molecule has 1 aliphatic heterocycles. The van der Waals surface area contributed by atoms with Crippen molar-refractivity contribution >= 4 is 40.9 Å². The minimum Gasteiger partial charge on any atom is -0.493 e. The highest BCUT2D eigenvalue weighted by Crippen LogP contribution is 2.30. The Balaban J connectivity index is 1.40. The van der Waals surface area contributed by atoms with E-state index < -0.39 is 0 Å². The summed E-state index contributed by atoms with van der Waals surface area (Å²) in [5.41, 5.74) is 2.82. The van der Waals surface area contributed by atoms with Crippen LogP contribution >= 0.6 is 0 Å². The molecule has 180 valence electrons. The van der Waals surface area contributed by atoms with Gasteiger partial charge in [-0.3, -0.25) is 19.3 Å². The number of hydrogen-bond acceptors (Lipinski definition) is 6. The molecule has 1 heterocycles.